The van der Waals surface area contributed by atoms with Crippen LogP contribution >= 0.6 is 34.2 Å². The van der Waals surface area contributed by atoms with Gasteiger partial charge in [0.2, 0.25) is 0 Å². The Morgan fingerprint density at radius 3 is 1.50 bits per heavy atom. The molecule has 4 saturated carbocycles. The van der Waals surface area contributed by atoms with Crippen molar-refractivity contribution in [3.8, 4) is 0 Å². The SMILES string of the molecule is CC1(C)C(C)(C)C12CC1(I)CC2(Cl)C1. The normalized spacial score (nSPS) is 54.4. The summed E-state index contributed by atoms with van der Waals surface area (Å²) in [6.07, 6.45) is 3.84. The summed E-state index contributed by atoms with van der Waals surface area (Å²) < 4.78 is 0.546. The third kappa shape index (κ3) is 0.669. The van der Waals surface area contributed by atoms with Crippen molar-refractivity contribution in [3.05, 3.63) is 0 Å². The van der Waals surface area contributed by atoms with Gasteiger partial charge in [0.05, 0.1) is 4.87 Å². The summed E-state index contributed by atoms with van der Waals surface area (Å²) in [7, 11) is 0. The highest BCUT2D eigenvalue weighted by Gasteiger charge is 2.91. The second kappa shape index (κ2) is 2.05. The van der Waals surface area contributed by atoms with Crippen LogP contribution in [0.5, 0.6) is 0 Å². The van der Waals surface area contributed by atoms with Crippen LogP contribution in [0.25, 0.3) is 0 Å². The molecule has 4 rings (SSSR count). The largest absolute Gasteiger partial charge is 0.119 e. The minimum atomic E-state index is 0.140. The second-order valence-corrected chi connectivity index (χ2v) is 9.81. The van der Waals surface area contributed by atoms with Gasteiger partial charge in [-0.05, 0) is 30.1 Å². The molecule has 0 saturated heterocycles. The number of halogens is 2. The van der Waals surface area contributed by atoms with Crippen LogP contribution in [0.4, 0.5) is 0 Å². The Hall–Kier alpha value is 1.02. The molecule has 0 atom stereocenters. The van der Waals surface area contributed by atoms with E-state index in [1.807, 2.05) is 0 Å². The topological polar surface area (TPSA) is 0 Å². The van der Waals surface area contributed by atoms with Crippen molar-refractivity contribution in [2.24, 2.45) is 16.2 Å². The quantitative estimate of drug-likeness (QED) is 0.458. The van der Waals surface area contributed by atoms with E-state index >= 15 is 0 Å². The van der Waals surface area contributed by atoms with Gasteiger partial charge in [-0.3, -0.25) is 0 Å². The number of alkyl halides is 2. The summed E-state index contributed by atoms with van der Waals surface area (Å²) in [5.41, 5.74) is 1.30. The molecule has 0 unspecified atom stereocenters. The van der Waals surface area contributed by atoms with E-state index in [0.29, 0.717) is 19.7 Å². The van der Waals surface area contributed by atoms with E-state index in [0.717, 1.165) is 0 Å². The smallest absolute Gasteiger partial charge is 0.0539 e. The molecule has 80 valence electrons. The van der Waals surface area contributed by atoms with E-state index in [1.165, 1.54) is 19.3 Å². The van der Waals surface area contributed by atoms with E-state index in [4.69, 9.17) is 11.6 Å². The zero-order valence-electron chi connectivity index (χ0n) is 9.38. The van der Waals surface area contributed by atoms with E-state index < -0.39 is 0 Å². The maximum atomic E-state index is 6.84. The van der Waals surface area contributed by atoms with Crippen LogP contribution in [-0.4, -0.2) is 8.30 Å². The molecule has 0 aromatic rings. The van der Waals surface area contributed by atoms with E-state index in [2.05, 4.69) is 50.3 Å². The predicted molar refractivity (Wildman–Crippen MR) is 69.2 cm³/mol. The molecular weight excluding hydrogens is 306 g/mol. The highest BCUT2D eigenvalue weighted by atomic mass is 127. The van der Waals surface area contributed by atoms with E-state index in [-0.39, 0.29) is 4.87 Å². The molecule has 4 fully saturated rings. The number of rotatable bonds is 0. The van der Waals surface area contributed by atoms with Gasteiger partial charge in [0, 0.05) is 8.84 Å². The third-order valence-electron chi connectivity index (χ3n) is 6.17. The Labute approximate surface area is 105 Å². The lowest BCUT2D eigenvalue weighted by Crippen LogP contribution is -2.43. The van der Waals surface area contributed by atoms with Gasteiger partial charge in [0.1, 0.15) is 0 Å². The predicted octanol–water partition coefficient (Wildman–Crippen LogP) is 4.39. The fourth-order valence-corrected chi connectivity index (χ4v) is 8.38. The Kier molecular flexibility index (Phi) is 1.49. The van der Waals surface area contributed by atoms with Gasteiger partial charge in [-0.25, -0.2) is 0 Å². The van der Waals surface area contributed by atoms with Crippen LogP contribution in [0, 0.1) is 16.2 Å². The van der Waals surface area contributed by atoms with Gasteiger partial charge in [-0.2, -0.15) is 0 Å². The maximum Gasteiger partial charge on any atom is 0.0539 e. The highest BCUT2D eigenvalue weighted by molar-refractivity contribution is 14.1. The Morgan fingerprint density at radius 2 is 1.36 bits per heavy atom. The highest BCUT2D eigenvalue weighted by Crippen LogP contribution is 2.93. The summed E-state index contributed by atoms with van der Waals surface area (Å²) in [6, 6.07) is 0. The van der Waals surface area contributed by atoms with Crippen LogP contribution in [0.2, 0.25) is 0 Å². The molecule has 1 spiro atoms. The molecule has 0 amide bonds. The fourth-order valence-electron chi connectivity index (χ4n) is 5.00. The molecule has 0 aromatic heterocycles. The summed E-state index contributed by atoms with van der Waals surface area (Å²) in [6.45, 7) is 9.66. The van der Waals surface area contributed by atoms with Gasteiger partial charge >= 0.3 is 0 Å². The van der Waals surface area contributed by atoms with Gasteiger partial charge in [-0.15, -0.1) is 11.6 Å². The lowest BCUT2D eigenvalue weighted by molar-refractivity contribution is 0.279. The van der Waals surface area contributed by atoms with Crippen molar-refractivity contribution < 1.29 is 0 Å². The van der Waals surface area contributed by atoms with E-state index in [1.54, 1.807) is 0 Å². The zero-order valence-corrected chi connectivity index (χ0v) is 12.3. The first-order chi connectivity index (χ1) is 6.12. The molecule has 14 heavy (non-hydrogen) atoms. The molecule has 0 N–H and O–H groups in total. The molecular formula is C12H18ClI. The van der Waals surface area contributed by atoms with Crippen LogP contribution < -0.4 is 0 Å². The van der Waals surface area contributed by atoms with Crippen LogP contribution in [0.15, 0.2) is 0 Å². The summed E-state index contributed by atoms with van der Waals surface area (Å²) >= 11 is 9.50. The zero-order chi connectivity index (χ0) is 10.6. The maximum absolute atomic E-state index is 6.84. The minimum Gasteiger partial charge on any atom is -0.119 e. The minimum absolute atomic E-state index is 0.140. The first-order valence-electron chi connectivity index (χ1n) is 5.50. The molecule has 0 heterocycles. The standard InChI is InChI=1S/C12H18ClI/c1-8(2)9(3,4)12(8)7-10(14)5-11(12,13)6-10/h5-7H2,1-4H3. The molecule has 2 bridgehead atoms. The first-order valence-corrected chi connectivity index (χ1v) is 6.96. The summed E-state index contributed by atoms with van der Waals surface area (Å²) in [5, 5.41) is 0. The van der Waals surface area contributed by atoms with E-state index in [9.17, 15) is 0 Å². The average molecular weight is 325 g/mol. The molecule has 0 aliphatic heterocycles. The Morgan fingerprint density at radius 1 is 0.929 bits per heavy atom. The fraction of sp³-hybridized carbons (Fsp3) is 1.00. The molecule has 2 heteroatoms. The third-order valence-corrected chi connectivity index (χ3v) is 7.91. The van der Waals surface area contributed by atoms with Crippen LogP contribution in [0.3, 0.4) is 0 Å². The molecule has 0 nitrogen and oxygen atoms in total. The first kappa shape index (κ1) is 10.2. The number of hydrogen-bond acceptors (Lipinski definition) is 0. The summed E-state index contributed by atoms with van der Waals surface area (Å²) in [5.74, 6) is 0. The van der Waals surface area contributed by atoms with Crippen molar-refractivity contribution in [2.45, 2.75) is 55.3 Å². The molecule has 4 aliphatic rings. The van der Waals surface area contributed by atoms with Gasteiger partial charge < -0.3 is 0 Å². The Balaban J connectivity index is 2.11. The Bertz CT molecular complexity index is 309. The molecule has 4 aliphatic carbocycles. The van der Waals surface area contributed by atoms with Gasteiger partial charge in [0.15, 0.2) is 0 Å². The monoisotopic (exact) mass is 324 g/mol. The van der Waals surface area contributed by atoms with Crippen molar-refractivity contribution in [1.29, 1.82) is 0 Å². The van der Waals surface area contributed by atoms with Crippen LogP contribution in [0.1, 0.15) is 47.0 Å². The van der Waals surface area contributed by atoms with Crippen molar-refractivity contribution in [3.63, 3.8) is 0 Å². The lowest BCUT2D eigenvalue weighted by Gasteiger charge is -2.42. The number of hydrogen-bond donors (Lipinski definition) is 0. The van der Waals surface area contributed by atoms with Crippen LogP contribution in [-0.2, 0) is 0 Å². The van der Waals surface area contributed by atoms with Gasteiger partial charge in [-0.1, -0.05) is 50.3 Å². The average Bonchev–Trinajstić information content (AvgIpc) is 2.27. The second-order valence-electron chi connectivity index (χ2n) is 6.80. The van der Waals surface area contributed by atoms with Crippen molar-refractivity contribution >= 4 is 34.2 Å². The van der Waals surface area contributed by atoms with Crippen molar-refractivity contribution in [1.82, 2.24) is 0 Å². The molecule has 0 aromatic carbocycles. The molecule has 0 radical (unpaired) electrons. The summed E-state index contributed by atoms with van der Waals surface area (Å²) in [4.78, 5) is 0.140. The lowest BCUT2D eigenvalue weighted by atomic mass is 9.77. The van der Waals surface area contributed by atoms with Crippen molar-refractivity contribution in [2.75, 3.05) is 0 Å². The van der Waals surface area contributed by atoms with Gasteiger partial charge in [0.25, 0.3) is 0 Å².